The van der Waals surface area contributed by atoms with Gasteiger partial charge in [-0.1, -0.05) is 29.8 Å². The number of aliphatic imine (C=N–C) groups is 1. The highest BCUT2D eigenvalue weighted by atomic mass is 16.5. The van der Waals surface area contributed by atoms with Crippen molar-refractivity contribution >= 4 is 11.6 Å². The number of hydrogen-bond acceptors (Lipinski definition) is 2. The van der Waals surface area contributed by atoms with E-state index in [9.17, 15) is 0 Å². The fourth-order valence-corrected chi connectivity index (χ4v) is 1.92. The second kappa shape index (κ2) is 7.33. The minimum absolute atomic E-state index is 0.423. The maximum absolute atomic E-state index is 5.87. The summed E-state index contributed by atoms with van der Waals surface area (Å²) in [6, 6.07) is 16.0. The third-order valence-corrected chi connectivity index (χ3v) is 3.17. The summed E-state index contributed by atoms with van der Waals surface area (Å²) in [5.41, 5.74) is 9.30. The zero-order valence-electron chi connectivity index (χ0n) is 12.5. The Labute approximate surface area is 125 Å². The lowest BCUT2D eigenvalue weighted by atomic mass is 10.1. The molecule has 0 amide bonds. The minimum Gasteiger partial charge on any atom is -0.497 e. The smallest absolute Gasteiger partial charge is 0.193 e. The van der Waals surface area contributed by atoms with Gasteiger partial charge in [-0.2, -0.15) is 0 Å². The molecule has 21 heavy (non-hydrogen) atoms. The monoisotopic (exact) mass is 283 g/mol. The fourth-order valence-electron chi connectivity index (χ4n) is 1.92. The van der Waals surface area contributed by atoms with Crippen LogP contribution in [0.2, 0.25) is 0 Å². The standard InChI is InChI=1S/C17H21N3O/c1-13-3-5-14(6-4-13)11-12-19-17(18)20-15-7-9-16(21-2)10-8-15/h3-10H,11-12H2,1-2H3,(H3,18,19,20). The zero-order valence-corrected chi connectivity index (χ0v) is 12.5. The van der Waals surface area contributed by atoms with Gasteiger partial charge in [-0.3, -0.25) is 4.99 Å². The van der Waals surface area contributed by atoms with Crippen LogP contribution in [0.5, 0.6) is 5.75 Å². The van der Waals surface area contributed by atoms with E-state index in [1.54, 1.807) is 7.11 Å². The molecular weight excluding hydrogens is 262 g/mol. The summed E-state index contributed by atoms with van der Waals surface area (Å²) < 4.78 is 5.11. The molecule has 4 nitrogen and oxygen atoms in total. The molecule has 3 N–H and O–H groups in total. The van der Waals surface area contributed by atoms with E-state index in [2.05, 4.69) is 41.5 Å². The molecule has 0 atom stereocenters. The molecule has 0 unspecified atom stereocenters. The molecule has 2 rings (SSSR count). The van der Waals surface area contributed by atoms with Gasteiger partial charge in [0.2, 0.25) is 0 Å². The molecule has 4 heteroatoms. The number of anilines is 1. The molecule has 0 spiro atoms. The molecule has 0 heterocycles. The van der Waals surface area contributed by atoms with E-state index < -0.39 is 0 Å². The Morgan fingerprint density at radius 2 is 1.76 bits per heavy atom. The molecule has 0 aromatic heterocycles. The van der Waals surface area contributed by atoms with Gasteiger partial charge in [0.05, 0.1) is 7.11 Å². The van der Waals surface area contributed by atoms with Gasteiger partial charge in [0.1, 0.15) is 5.75 Å². The van der Waals surface area contributed by atoms with Crippen LogP contribution in [0.15, 0.2) is 53.5 Å². The highest BCUT2D eigenvalue weighted by Crippen LogP contribution is 2.14. The Balaban J connectivity index is 1.84. The number of aryl methyl sites for hydroxylation is 1. The molecule has 0 aliphatic heterocycles. The van der Waals surface area contributed by atoms with Crippen molar-refractivity contribution < 1.29 is 4.74 Å². The van der Waals surface area contributed by atoms with Gasteiger partial charge in [-0.15, -0.1) is 0 Å². The Morgan fingerprint density at radius 3 is 2.38 bits per heavy atom. The molecule has 2 aromatic carbocycles. The maximum Gasteiger partial charge on any atom is 0.193 e. The zero-order chi connectivity index (χ0) is 15.1. The number of methoxy groups -OCH3 is 1. The minimum atomic E-state index is 0.423. The normalized spacial score (nSPS) is 11.2. The SMILES string of the molecule is COc1ccc(NC(N)=NCCc2ccc(C)cc2)cc1. The number of hydrogen-bond donors (Lipinski definition) is 2. The lowest BCUT2D eigenvalue weighted by molar-refractivity contribution is 0.415. The van der Waals surface area contributed by atoms with Crippen molar-refractivity contribution in [3.63, 3.8) is 0 Å². The van der Waals surface area contributed by atoms with Crippen LogP contribution in [-0.4, -0.2) is 19.6 Å². The van der Waals surface area contributed by atoms with Crippen LogP contribution in [0.25, 0.3) is 0 Å². The lowest BCUT2D eigenvalue weighted by Crippen LogP contribution is -2.23. The summed E-state index contributed by atoms with van der Waals surface area (Å²) in [4.78, 5) is 4.33. The Morgan fingerprint density at radius 1 is 1.10 bits per heavy atom. The molecule has 110 valence electrons. The van der Waals surface area contributed by atoms with Crippen molar-refractivity contribution in [2.75, 3.05) is 19.0 Å². The average molecular weight is 283 g/mol. The van der Waals surface area contributed by atoms with Crippen molar-refractivity contribution in [3.05, 3.63) is 59.7 Å². The fraction of sp³-hybridized carbons (Fsp3) is 0.235. The van der Waals surface area contributed by atoms with Crippen molar-refractivity contribution in [3.8, 4) is 5.75 Å². The molecule has 2 aromatic rings. The topological polar surface area (TPSA) is 59.6 Å². The van der Waals surface area contributed by atoms with E-state index in [-0.39, 0.29) is 0 Å². The number of nitrogens with one attached hydrogen (secondary N) is 1. The largest absolute Gasteiger partial charge is 0.497 e. The third-order valence-electron chi connectivity index (χ3n) is 3.17. The number of ether oxygens (including phenoxy) is 1. The van der Waals surface area contributed by atoms with Crippen molar-refractivity contribution in [1.29, 1.82) is 0 Å². The molecule has 0 aliphatic carbocycles. The van der Waals surface area contributed by atoms with Crippen LogP contribution in [-0.2, 0) is 6.42 Å². The van der Waals surface area contributed by atoms with Crippen LogP contribution in [0.4, 0.5) is 5.69 Å². The third kappa shape index (κ3) is 4.84. The summed E-state index contributed by atoms with van der Waals surface area (Å²) in [7, 11) is 1.64. The molecule has 0 saturated carbocycles. The van der Waals surface area contributed by atoms with Gasteiger partial charge >= 0.3 is 0 Å². The second-order valence-electron chi connectivity index (χ2n) is 4.86. The highest BCUT2D eigenvalue weighted by Gasteiger charge is 1.97. The first-order valence-electron chi connectivity index (χ1n) is 6.94. The Hall–Kier alpha value is -2.49. The van der Waals surface area contributed by atoms with E-state index in [0.29, 0.717) is 12.5 Å². The quantitative estimate of drug-likeness (QED) is 0.655. The van der Waals surface area contributed by atoms with Gasteiger partial charge < -0.3 is 15.8 Å². The first-order chi connectivity index (χ1) is 10.2. The molecule has 0 bridgehead atoms. The van der Waals surface area contributed by atoms with E-state index in [1.807, 2.05) is 24.3 Å². The van der Waals surface area contributed by atoms with Crippen LogP contribution >= 0.6 is 0 Å². The molecular formula is C17H21N3O. The first kappa shape index (κ1) is 14.9. The number of nitrogens with two attached hydrogens (primary N) is 1. The van der Waals surface area contributed by atoms with Crippen LogP contribution in [0.1, 0.15) is 11.1 Å². The van der Waals surface area contributed by atoms with Crippen LogP contribution in [0.3, 0.4) is 0 Å². The van der Waals surface area contributed by atoms with E-state index in [4.69, 9.17) is 10.5 Å². The Kier molecular flexibility index (Phi) is 5.21. The second-order valence-corrected chi connectivity index (χ2v) is 4.86. The van der Waals surface area contributed by atoms with Gasteiger partial charge in [0.15, 0.2) is 5.96 Å². The number of nitrogens with zero attached hydrogens (tertiary/aromatic N) is 1. The lowest BCUT2D eigenvalue weighted by Gasteiger charge is -2.06. The predicted octanol–water partition coefficient (Wildman–Crippen LogP) is 2.97. The van der Waals surface area contributed by atoms with E-state index in [1.165, 1.54) is 11.1 Å². The molecule has 0 saturated heterocycles. The van der Waals surface area contributed by atoms with E-state index >= 15 is 0 Å². The van der Waals surface area contributed by atoms with Crippen molar-refractivity contribution in [2.45, 2.75) is 13.3 Å². The summed E-state index contributed by atoms with van der Waals surface area (Å²) in [6.45, 7) is 2.75. The van der Waals surface area contributed by atoms with E-state index in [0.717, 1.165) is 17.9 Å². The maximum atomic E-state index is 5.87. The summed E-state index contributed by atoms with van der Waals surface area (Å²) in [6.07, 6.45) is 0.880. The predicted molar refractivity (Wildman–Crippen MR) is 88.0 cm³/mol. The van der Waals surface area contributed by atoms with Gasteiger partial charge in [0.25, 0.3) is 0 Å². The highest BCUT2D eigenvalue weighted by molar-refractivity contribution is 5.92. The van der Waals surface area contributed by atoms with Gasteiger partial charge in [0, 0.05) is 12.2 Å². The molecule has 0 aliphatic rings. The number of rotatable bonds is 5. The van der Waals surface area contributed by atoms with Gasteiger partial charge in [-0.25, -0.2) is 0 Å². The summed E-state index contributed by atoms with van der Waals surface area (Å²) in [5, 5.41) is 3.06. The summed E-state index contributed by atoms with van der Waals surface area (Å²) >= 11 is 0. The molecule has 0 radical (unpaired) electrons. The van der Waals surface area contributed by atoms with Crippen LogP contribution < -0.4 is 15.8 Å². The Bertz CT molecular complexity index is 588. The number of guanidine groups is 1. The molecule has 0 fully saturated rings. The first-order valence-corrected chi connectivity index (χ1v) is 6.94. The van der Waals surface area contributed by atoms with Crippen molar-refractivity contribution in [1.82, 2.24) is 0 Å². The number of benzene rings is 2. The van der Waals surface area contributed by atoms with Crippen molar-refractivity contribution in [2.24, 2.45) is 10.7 Å². The van der Waals surface area contributed by atoms with Crippen LogP contribution in [0, 0.1) is 6.92 Å². The van der Waals surface area contributed by atoms with Gasteiger partial charge in [-0.05, 0) is 43.2 Å². The summed E-state index contributed by atoms with van der Waals surface area (Å²) in [5.74, 6) is 1.24. The average Bonchev–Trinajstić information content (AvgIpc) is 2.50.